The number of carbonyl (C=O) groups is 2. The Bertz CT molecular complexity index is 674. The van der Waals surface area contributed by atoms with Crippen molar-refractivity contribution in [2.75, 3.05) is 0 Å². The fourth-order valence-electron chi connectivity index (χ4n) is 2.13. The SMILES string of the molecule is Cc1ccnn1-c1ccc(C(=O)N[C@H](C(=O)O)C(C)C)cc1. The fraction of sp³-hybridized carbons (Fsp3) is 0.312. The van der Waals surface area contributed by atoms with Crippen LogP contribution < -0.4 is 5.32 Å². The Labute approximate surface area is 128 Å². The van der Waals surface area contributed by atoms with E-state index in [1.165, 1.54) is 0 Å². The molecular formula is C16H19N3O3. The Morgan fingerprint density at radius 1 is 1.18 bits per heavy atom. The molecule has 2 N–H and O–H groups in total. The van der Waals surface area contributed by atoms with Gasteiger partial charge in [0.25, 0.3) is 5.91 Å². The first kappa shape index (κ1) is 15.8. The van der Waals surface area contributed by atoms with Crippen LogP contribution in [0.2, 0.25) is 0 Å². The Morgan fingerprint density at radius 3 is 2.27 bits per heavy atom. The lowest BCUT2D eigenvalue weighted by Gasteiger charge is -2.18. The molecular weight excluding hydrogens is 282 g/mol. The number of amides is 1. The summed E-state index contributed by atoms with van der Waals surface area (Å²) in [6.45, 7) is 5.44. The van der Waals surface area contributed by atoms with Gasteiger partial charge < -0.3 is 10.4 Å². The van der Waals surface area contributed by atoms with Crippen molar-refractivity contribution in [2.24, 2.45) is 5.92 Å². The number of aryl methyl sites for hydroxylation is 1. The van der Waals surface area contributed by atoms with Crippen molar-refractivity contribution < 1.29 is 14.7 Å². The first-order chi connectivity index (χ1) is 10.4. The molecule has 1 aromatic heterocycles. The van der Waals surface area contributed by atoms with E-state index in [0.717, 1.165) is 11.4 Å². The number of aliphatic carboxylic acids is 1. The molecule has 116 valence electrons. The maximum absolute atomic E-state index is 12.1. The van der Waals surface area contributed by atoms with E-state index in [1.54, 1.807) is 49.0 Å². The van der Waals surface area contributed by atoms with E-state index in [-0.39, 0.29) is 5.92 Å². The van der Waals surface area contributed by atoms with Crippen molar-refractivity contribution in [3.63, 3.8) is 0 Å². The van der Waals surface area contributed by atoms with Gasteiger partial charge in [-0.05, 0) is 43.2 Å². The molecule has 0 saturated heterocycles. The summed E-state index contributed by atoms with van der Waals surface area (Å²) in [5.41, 5.74) is 2.25. The number of aromatic nitrogens is 2. The topological polar surface area (TPSA) is 84.2 Å². The van der Waals surface area contributed by atoms with Crippen LogP contribution in [0.25, 0.3) is 5.69 Å². The standard InChI is InChI=1S/C16H19N3O3/c1-10(2)14(16(21)22)18-15(20)12-4-6-13(7-5-12)19-11(3)8-9-17-19/h4-10,14H,1-3H3,(H,18,20)(H,21,22)/t14-/m0/s1. The van der Waals surface area contributed by atoms with Gasteiger partial charge in [0.1, 0.15) is 6.04 Å². The number of carboxylic acids is 1. The highest BCUT2D eigenvalue weighted by molar-refractivity contribution is 5.96. The quantitative estimate of drug-likeness (QED) is 0.885. The molecule has 0 unspecified atom stereocenters. The lowest BCUT2D eigenvalue weighted by atomic mass is 10.0. The molecule has 1 amide bonds. The van der Waals surface area contributed by atoms with E-state index in [4.69, 9.17) is 5.11 Å². The molecule has 2 rings (SSSR count). The molecule has 0 aliphatic carbocycles. The highest BCUT2D eigenvalue weighted by Crippen LogP contribution is 2.12. The van der Waals surface area contributed by atoms with Crippen LogP contribution in [0.3, 0.4) is 0 Å². The largest absolute Gasteiger partial charge is 0.480 e. The van der Waals surface area contributed by atoms with Gasteiger partial charge in [0, 0.05) is 17.5 Å². The van der Waals surface area contributed by atoms with Gasteiger partial charge in [0.05, 0.1) is 5.69 Å². The normalized spacial score (nSPS) is 12.2. The predicted molar refractivity (Wildman–Crippen MR) is 82.0 cm³/mol. The average Bonchev–Trinajstić information content (AvgIpc) is 2.90. The van der Waals surface area contributed by atoms with Gasteiger partial charge in [-0.2, -0.15) is 5.10 Å². The van der Waals surface area contributed by atoms with Crippen LogP contribution in [-0.2, 0) is 4.79 Å². The molecule has 0 spiro atoms. The molecule has 1 heterocycles. The summed E-state index contributed by atoms with van der Waals surface area (Å²) in [5.74, 6) is -1.62. The Hall–Kier alpha value is -2.63. The van der Waals surface area contributed by atoms with Gasteiger partial charge in [-0.3, -0.25) is 4.79 Å². The molecule has 2 aromatic rings. The average molecular weight is 301 g/mol. The lowest BCUT2D eigenvalue weighted by molar-refractivity contribution is -0.140. The van der Waals surface area contributed by atoms with Crippen LogP contribution in [0, 0.1) is 12.8 Å². The van der Waals surface area contributed by atoms with Gasteiger partial charge in [-0.15, -0.1) is 0 Å². The minimum Gasteiger partial charge on any atom is -0.480 e. The zero-order valence-electron chi connectivity index (χ0n) is 12.8. The smallest absolute Gasteiger partial charge is 0.326 e. The summed E-state index contributed by atoms with van der Waals surface area (Å²) in [7, 11) is 0. The number of benzene rings is 1. The van der Waals surface area contributed by atoms with Gasteiger partial charge in [-0.1, -0.05) is 13.8 Å². The number of hydrogen-bond acceptors (Lipinski definition) is 3. The highest BCUT2D eigenvalue weighted by Gasteiger charge is 2.23. The molecule has 0 aliphatic heterocycles. The van der Waals surface area contributed by atoms with Crippen LogP contribution in [0.15, 0.2) is 36.5 Å². The fourth-order valence-corrected chi connectivity index (χ4v) is 2.13. The van der Waals surface area contributed by atoms with E-state index >= 15 is 0 Å². The van der Waals surface area contributed by atoms with E-state index in [2.05, 4.69) is 10.4 Å². The Morgan fingerprint density at radius 2 is 1.82 bits per heavy atom. The zero-order chi connectivity index (χ0) is 16.3. The predicted octanol–water partition coefficient (Wildman–Crippen LogP) is 2.02. The summed E-state index contributed by atoms with van der Waals surface area (Å²) < 4.78 is 1.76. The molecule has 1 aromatic carbocycles. The van der Waals surface area contributed by atoms with Crippen molar-refractivity contribution in [3.05, 3.63) is 47.8 Å². The Balaban J connectivity index is 2.15. The van der Waals surface area contributed by atoms with Crippen LogP contribution in [-0.4, -0.2) is 32.8 Å². The molecule has 0 radical (unpaired) electrons. The summed E-state index contributed by atoms with van der Waals surface area (Å²) in [6, 6.07) is 7.86. The van der Waals surface area contributed by atoms with Gasteiger partial charge in [-0.25, -0.2) is 9.48 Å². The van der Waals surface area contributed by atoms with Crippen molar-refractivity contribution >= 4 is 11.9 Å². The summed E-state index contributed by atoms with van der Waals surface area (Å²) in [6.07, 6.45) is 1.70. The third-order valence-electron chi connectivity index (χ3n) is 3.43. The molecule has 0 aliphatic rings. The molecule has 0 bridgehead atoms. The maximum Gasteiger partial charge on any atom is 0.326 e. The summed E-state index contributed by atoms with van der Waals surface area (Å²) in [4.78, 5) is 23.3. The second-order valence-corrected chi connectivity index (χ2v) is 5.46. The van der Waals surface area contributed by atoms with E-state index < -0.39 is 17.9 Å². The first-order valence-corrected chi connectivity index (χ1v) is 7.05. The second kappa shape index (κ2) is 6.43. The van der Waals surface area contributed by atoms with Gasteiger partial charge in [0.2, 0.25) is 0 Å². The number of nitrogens with zero attached hydrogens (tertiary/aromatic N) is 2. The number of carboxylic acid groups (broad SMARTS) is 1. The zero-order valence-corrected chi connectivity index (χ0v) is 12.8. The van der Waals surface area contributed by atoms with Crippen LogP contribution >= 0.6 is 0 Å². The molecule has 0 fully saturated rings. The van der Waals surface area contributed by atoms with Crippen molar-refractivity contribution in [2.45, 2.75) is 26.8 Å². The monoisotopic (exact) mass is 301 g/mol. The van der Waals surface area contributed by atoms with Crippen LogP contribution in [0.5, 0.6) is 0 Å². The number of carbonyl (C=O) groups excluding carboxylic acids is 1. The van der Waals surface area contributed by atoms with Crippen molar-refractivity contribution in [1.29, 1.82) is 0 Å². The lowest BCUT2D eigenvalue weighted by Crippen LogP contribution is -2.44. The molecule has 22 heavy (non-hydrogen) atoms. The molecule has 6 heteroatoms. The minimum atomic E-state index is -1.04. The first-order valence-electron chi connectivity index (χ1n) is 7.05. The van der Waals surface area contributed by atoms with E-state index in [0.29, 0.717) is 5.56 Å². The van der Waals surface area contributed by atoms with Crippen molar-refractivity contribution in [3.8, 4) is 5.69 Å². The van der Waals surface area contributed by atoms with Gasteiger partial charge in [0.15, 0.2) is 0 Å². The molecule has 1 atom stereocenters. The van der Waals surface area contributed by atoms with E-state index in [1.807, 2.05) is 13.0 Å². The number of hydrogen-bond donors (Lipinski definition) is 2. The van der Waals surface area contributed by atoms with Crippen LogP contribution in [0.4, 0.5) is 0 Å². The summed E-state index contributed by atoms with van der Waals surface area (Å²) in [5, 5.41) is 15.8. The molecule has 6 nitrogen and oxygen atoms in total. The Kier molecular flexibility index (Phi) is 4.60. The second-order valence-electron chi connectivity index (χ2n) is 5.46. The van der Waals surface area contributed by atoms with Crippen molar-refractivity contribution in [1.82, 2.24) is 15.1 Å². The van der Waals surface area contributed by atoms with Gasteiger partial charge >= 0.3 is 5.97 Å². The minimum absolute atomic E-state index is 0.188. The number of nitrogens with one attached hydrogen (secondary N) is 1. The number of rotatable bonds is 5. The third-order valence-corrected chi connectivity index (χ3v) is 3.43. The van der Waals surface area contributed by atoms with E-state index in [9.17, 15) is 9.59 Å². The summed E-state index contributed by atoms with van der Waals surface area (Å²) >= 11 is 0. The highest BCUT2D eigenvalue weighted by atomic mass is 16.4. The maximum atomic E-state index is 12.1. The molecule has 0 saturated carbocycles. The van der Waals surface area contributed by atoms with Crippen LogP contribution in [0.1, 0.15) is 29.9 Å². The third kappa shape index (κ3) is 3.33.